The van der Waals surface area contributed by atoms with Gasteiger partial charge in [0.05, 0.1) is 12.3 Å². The molecule has 1 N–H and O–H groups in total. The Kier molecular flexibility index (Phi) is 4.12. The van der Waals surface area contributed by atoms with Crippen molar-refractivity contribution >= 4 is 11.6 Å². The van der Waals surface area contributed by atoms with Gasteiger partial charge in [0.15, 0.2) is 0 Å². The van der Waals surface area contributed by atoms with Gasteiger partial charge >= 0.3 is 0 Å². The van der Waals surface area contributed by atoms with Crippen molar-refractivity contribution in [1.82, 2.24) is 9.97 Å². The molecule has 0 saturated carbocycles. The summed E-state index contributed by atoms with van der Waals surface area (Å²) in [6.45, 7) is 0.319. The van der Waals surface area contributed by atoms with Gasteiger partial charge in [0.1, 0.15) is 5.82 Å². The van der Waals surface area contributed by atoms with Gasteiger partial charge in [-0.15, -0.1) is 0 Å². The molecule has 0 aliphatic heterocycles. The van der Waals surface area contributed by atoms with E-state index in [4.69, 9.17) is 16.3 Å². The molecule has 0 atom stereocenters. The fourth-order valence-electron chi connectivity index (χ4n) is 1.69. The largest absolute Gasteiger partial charge is 0.378 e. The molecule has 1 heterocycles. The van der Waals surface area contributed by atoms with Crippen molar-refractivity contribution in [2.45, 2.75) is 13.0 Å². The van der Waals surface area contributed by atoms with E-state index in [1.165, 1.54) is 6.07 Å². The van der Waals surface area contributed by atoms with E-state index in [1.54, 1.807) is 7.11 Å². The quantitative estimate of drug-likeness (QED) is 0.921. The monoisotopic (exact) mass is 264 g/mol. The van der Waals surface area contributed by atoms with Crippen LogP contribution in [0.4, 0.5) is 0 Å². The highest BCUT2D eigenvalue weighted by molar-refractivity contribution is 6.31. The second-order valence-electron chi connectivity index (χ2n) is 3.88. The molecule has 0 unspecified atom stereocenters. The summed E-state index contributed by atoms with van der Waals surface area (Å²) in [4.78, 5) is 18.5. The topological polar surface area (TPSA) is 55.0 Å². The Balaban J connectivity index is 2.29. The second-order valence-corrected chi connectivity index (χ2v) is 4.29. The lowest BCUT2D eigenvalue weighted by Crippen LogP contribution is -2.13. The van der Waals surface area contributed by atoms with Gasteiger partial charge in [-0.3, -0.25) is 4.79 Å². The Morgan fingerprint density at radius 2 is 2.17 bits per heavy atom. The summed E-state index contributed by atoms with van der Waals surface area (Å²) < 4.78 is 4.97. The van der Waals surface area contributed by atoms with Crippen LogP contribution in [0.5, 0.6) is 0 Å². The first-order chi connectivity index (χ1) is 8.69. The van der Waals surface area contributed by atoms with Crippen molar-refractivity contribution < 1.29 is 4.74 Å². The van der Waals surface area contributed by atoms with Crippen molar-refractivity contribution in [2.24, 2.45) is 0 Å². The normalized spacial score (nSPS) is 10.6. The van der Waals surface area contributed by atoms with Gasteiger partial charge in [-0.05, 0) is 11.6 Å². The zero-order chi connectivity index (χ0) is 13.0. The molecule has 2 aromatic rings. The minimum atomic E-state index is -0.181. The summed E-state index contributed by atoms with van der Waals surface area (Å²) in [5.74, 6) is 0.586. The first-order valence-corrected chi connectivity index (χ1v) is 5.88. The number of H-pyrrole nitrogens is 1. The summed E-state index contributed by atoms with van der Waals surface area (Å²) in [7, 11) is 1.57. The van der Waals surface area contributed by atoms with Gasteiger partial charge in [0.25, 0.3) is 5.56 Å². The first-order valence-electron chi connectivity index (χ1n) is 5.50. The van der Waals surface area contributed by atoms with Crippen LogP contribution < -0.4 is 5.56 Å². The van der Waals surface area contributed by atoms with Crippen LogP contribution in [0.1, 0.15) is 17.1 Å². The standard InChI is InChI=1S/C13H13ClN2O2/c1-18-8-10-7-13(17)16-12(15-10)6-9-4-2-3-5-11(9)14/h2-5,7H,6,8H2,1H3,(H,15,16,17). The second kappa shape index (κ2) is 5.80. The van der Waals surface area contributed by atoms with Crippen LogP contribution in [0.15, 0.2) is 35.1 Å². The minimum Gasteiger partial charge on any atom is -0.378 e. The van der Waals surface area contributed by atoms with Crippen molar-refractivity contribution in [3.05, 3.63) is 62.8 Å². The zero-order valence-electron chi connectivity index (χ0n) is 9.94. The number of nitrogens with one attached hydrogen (secondary N) is 1. The predicted octanol–water partition coefficient (Wildman–Crippen LogP) is 2.16. The number of methoxy groups -OCH3 is 1. The summed E-state index contributed by atoms with van der Waals surface area (Å²) in [5.41, 5.74) is 1.36. The molecule has 0 spiro atoms. The van der Waals surface area contributed by atoms with Crippen LogP contribution in [0.3, 0.4) is 0 Å². The first kappa shape index (κ1) is 12.8. The molecule has 2 rings (SSSR count). The van der Waals surface area contributed by atoms with Crippen LogP contribution in [0.2, 0.25) is 5.02 Å². The minimum absolute atomic E-state index is 0.181. The number of hydrogen-bond acceptors (Lipinski definition) is 3. The molecule has 1 aromatic heterocycles. The maximum absolute atomic E-state index is 11.5. The predicted molar refractivity (Wildman–Crippen MR) is 69.8 cm³/mol. The number of benzene rings is 1. The van der Waals surface area contributed by atoms with Crippen LogP contribution >= 0.6 is 11.6 Å². The van der Waals surface area contributed by atoms with E-state index in [9.17, 15) is 4.79 Å². The molecular formula is C13H13ClN2O2. The number of nitrogens with zero attached hydrogens (tertiary/aromatic N) is 1. The Bertz CT molecular complexity index is 596. The number of hydrogen-bond donors (Lipinski definition) is 1. The molecule has 5 heteroatoms. The summed E-state index contributed by atoms with van der Waals surface area (Å²) in [6, 6.07) is 8.92. The average molecular weight is 265 g/mol. The van der Waals surface area contributed by atoms with E-state index in [0.29, 0.717) is 29.6 Å². The number of ether oxygens (including phenoxy) is 1. The Morgan fingerprint density at radius 3 is 2.89 bits per heavy atom. The van der Waals surface area contributed by atoms with Gasteiger partial charge in [-0.2, -0.15) is 0 Å². The van der Waals surface area contributed by atoms with E-state index >= 15 is 0 Å². The lowest BCUT2D eigenvalue weighted by atomic mass is 10.1. The lowest BCUT2D eigenvalue weighted by Gasteiger charge is -2.05. The van der Waals surface area contributed by atoms with Crippen LogP contribution in [0, 0.1) is 0 Å². The molecule has 0 amide bonds. The summed E-state index contributed by atoms with van der Waals surface area (Å²) >= 11 is 6.07. The molecule has 0 bridgehead atoms. The highest BCUT2D eigenvalue weighted by Crippen LogP contribution is 2.17. The van der Waals surface area contributed by atoms with Crippen molar-refractivity contribution in [3.63, 3.8) is 0 Å². The van der Waals surface area contributed by atoms with E-state index in [0.717, 1.165) is 5.56 Å². The van der Waals surface area contributed by atoms with Crippen LogP contribution in [-0.2, 0) is 17.8 Å². The van der Waals surface area contributed by atoms with Gasteiger partial charge in [-0.25, -0.2) is 4.98 Å². The SMILES string of the molecule is COCc1cc(=O)[nH]c(Cc2ccccc2Cl)n1. The van der Waals surface area contributed by atoms with Crippen LogP contribution in [0.25, 0.3) is 0 Å². The number of aromatic amines is 1. The summed E-state index contributed by atoms with van der Waals surface area (Å²) in [6.07, 6.45) is 0.493. The maximum Gasteiger partial charge on any atom is 0.251 e. The molecule has 0 saturated heterocycles. The molecular weight excluding hydrogens is 252 g/mol. The lowest BCUT2D eigenvalue weighted by molar-refractivity contribution is 0.181. The van der Waals surface area contributed by atoms with Crippen molar-refractivity contribution in [2.75, 3.05) is 7.11 Å². The molecule has 0 aliphatic rings. The van der Waals surface area contributed by atoms with Gasteiger partial charge in [0.2, 0.25) is 0 Å². The van der Waals surface area contributed by atoms with E-state index in [2.05, 4.69) is 9.97 Å². The molecule has 0 aliphatic carbocycles. The third kappa shape index (κ3) is 3.18. The van der Waals surface area contributed by atoms with Gasteiger partial charge < -0.3 is 9.72 Å². The Hall–Kier alpha value is -1.65. The molecule has 1 aromatic carbocycles. The molecule has 18 heavy (non-hydrogen) atoms. The average Bonchev–Trinajstić information content (AvgIpc) is 2.32. The van der Waals surface area contributed by atoms with Gasteiger partial charge in [0, 0.05) is 24.6 Å². The van der Waals surface area contributed by atoms with E-state index in [1.807, 2.05) is 24.3 Å². The number of aromatic nitrogens is 2. The molecule has 94 valence electrons. The number of halogens is 1. The Labute approximate surface area is 110 Å². The fraction of sp³-hybridized carbons (Fsp3) is 0.231. The third-order valence-electron chi connectivity index (χ3n) is 2.45. The summed E-state index contributed by atoms with van der Waals surface area (Å²) in [5, 5.41) is 0.664. The van der Waals surface area contributed by atoms with E-state index in [-0.39, 0.29) is 5.56 Å². The third-order valence-corrected chi connectivity index (χ3v) is 2.82. The van der Waals surface area contributed by atoms with Crippen LogP contribution in [-0.4, -0.2) is 17.1 Å². The highest BCUT2D eigenvalue weighted by Gasteiger charge is 2.05. The number of rotatable bonds is 4. The highest BCUT2D eigenvalue weighted by atomic mass is 35.5. The van der Waals surface area contributed by atoms with E-state index < -0.39 is 0 Å². The zero-order valence-corrected chi connectivity index (χ0v) is 10.7. The van der Waals surface area contributed by atoms with Gasteiger partial charge in [-0.1, -0.05) is 29.8 Å². The molecule has 0 fully saturated rings. The molecule has 4 nitrogen and oxygen atoms in total. The molecule has 0 radical (unpaired) electrons. The van der Waals surface area contributed by atoms with Crippen molar-refractivity contribution in [1.29, 1.82) is 0 Å². The smallest absolute Gasteiger partial charge is 0.251 e. The maximum atomic E-state index is 11.5. The fourth-order valence-corrected chi connectivity index (χ4v) is 1.89. The van der Waals surface area contributed by atoms with Crippen molar-refractivity contribution in [3.8, 4) is 0 Å². The Morgan fingerprint density at radius 1 is 1.39 bits per heavy atom.